The van der Waals surface area contributed by atoms with Crippen molar-refractivity contribution in [2.45, 2.75) is 12.5 Å². The van der Waals surface area contributed by atoms with Gasteiger partial charge in [-0.05, 0) is 19.1 Å². The molecule has 1 atom stereocenters. The Morgan fingerprint density at radius 2 is 1.93 bits per heavy atom. The van der Waals surface area contributed by atoms with E-state index in [0.29, 0.717) is 10.0 Å². The van der Waals surface area contributed by atoms with Crippen molar-refractivity contribution in [1.29, 1.82) is 0 Å². The molecule has 0 aliphatic rings. The van der Waals surface area contributed by atoms with Crippen molar-refractivity contribution in [3.05, 3.63) is 33.8 Å². The molecule has 0 saturated carbocycles. The van der Waals surface area contributed by atoms with Crippen molar-refractivity contribution in [2.24, 2.45) is 5.73 Å². The van der Waals surface area contributed by atoms with E-state index in [9.17, 15) is 8.78 Å². The largest absolute Gasteiger partial charge is 0.372 e. The lowest BCUT2D eigenvalue weighted by Crippen LogP contribution is -2.34. The van der Waals surface area contributed by atoms with Crippen molar-refractivity contribution >= 4 is 15.9 Å². The molecule has 1 aromatic rings. The Bertz CT molecular complexity index is 367. The van der Waals surface area contributed by atoms with Gasteiger partial charge in [0.2, 0.25) is 0 Å². The molecule has 0 aliphatic heterocycles. The molecule has 0 aromatic heterocycles. The molecule has 15 heavy (non-hydrogen) atoms. The quantitative estimate of drug-likeness (QED) is 0.864. The summed E-state index contributed by atoms with van der Waals surface area (Å²) in [4.78, 5) is 0. The Labute approximate surface area is 95.5 Å². The zero-order valence-corrected chi connectivity index (χ0v) is 10.1. The molecular formula is C10H12BrF2NO. The molecule has 0 saturated heterocycles. The molecule has 2 N–H and O–H groups in total. The van der Waals surface area contributed by atoms with Gasteiger partial charge in [0, 0.05) is 23.7 Å². The third-order valence-electron chi connectivity index (χ3n) is 2.42. The fraction of sp³-hybridized carbons (Fsp3) is 0.400. The third-order valence-corrected chi connectivity index (χ3v) is 3.08. The van der Waals surface area contributed by atoms with Crippen LogP contribution in [-0.4, -0.2) is 13.7 Å². The maximum Gasteiger partial charge on any atom is 0.159 e. The van der Waals surface area contributed by atoms with Crippen molar-refractivity contribution < 1.29 is 13.5 Å². The van der Waals surface area contributed by atoms with Gasteiger partial charge in [-0.15, -0.1) is 0 Å². The van der Waals surface area contributed by atoms with Crippen LogP contribution in [0.5, 0.6) is 0 Å². The summed E-state index contributed by atoms with van der Waals surface area (Å²) in [7, 11) is 1.47. The van der Waals surface area contributed by atoms with Gasteiger partial charge in [0.1, 0.15) is 5.60 Å². The predicted molar refractivity (Wildman–Crippen MR) is 57.5 cm³/mol. The van der Waals surface area contributed by atoms with E-state index in [1.165, 1.54) is 7.11 Å². The van der Waals surface area contributed by atoms with Crippen molar-refractivity contribution in [1.82, 2.24) is 0 Å². The topological polar surface area (TPSA) is 35.2 Å². The zero-order valence-electron chi connectivity index (χ0n) is 8.48. The minimum Gasteiger partial charge on any atom is -0.372 e. The lowest BCUT2D eigenvalue weighted by molar-refractivity contribution is 0.00914. The molecule has 0 aliphatic carbocycles. The van der Waals surface area contributed by atoms with Crippen molar-refractivity contribution in [3.8, 4) is 0 Å². The third kappa shape index (κ3) is 2.35. The SMILES string of the molecule is COC(C)(CN)c1cc(F)c(F)cc1Br. The van der Waals surface area contributed by atoms with Crippen LogP contribution < -0.4 is 5.73 Å². The number of benzene rings is 1. The van der Waals surface area contributed by atoms with E-state index in [2.05, 4.69) is 15.9 Å². The highest BCUT2D eigenvalue weighted by Crippen LogP contribution is 2.31. The summed E-state index contributed by atoms with van der Waals surface area (Å²) in [6, 6.07) is 2.16. The molecule has 5 heteroatoms. The van der Waals surface area contributed by atoms with Gasteiger partial charge < -0.3 is 10.5 Å². The molecule has 1 unspecified atom stereocenters. The summed E-state index contributed by atoms with van der Waals surface area (Å²) < 4.78 is 31.6. The van der Waals surface area contributed by atoms with Crippen molar-refractivity contribution in [3.63, 3.8) is 0 Å². The number of hydrogen-bond acceptors (Lipinski definition) is 2. The first-order valence-corrected chi connectivity index (χ1v) is 5.14. The second-order valence-electron chi connectivity index (χ2n) is 3.39. The number of hydrogen-bond donors (Lipinski definition) is 1. The number of ether oxygens (including phenoxy) is 1. The minimum atomic E-state index is -0.912. The van der Waals surface area contributed by atoms with Crippen LogP contribution in [0.1, 0.15) is 12.5 Å². The van der Waals surface area contributed by atoms with Gasteiger partial charge in [-0.3, -0.25) is 0 Å². The van der Waals surface area contributed by atoms with Gasteiger partial charge in [0.25, 0.3) is 0 Å². The second-order valence-corrected chi connectivity index (χ2v) is 4.24. The average Bonchev–Trinajstić information content (AvgIpc) is 2.22. The van der Waals surface area contributed by atoms with E-state index in [1.54, 1.807) is 6.92 Å². The number of methoxy groups -OCH3 is 1. The van der Waals surface area contributed by atoms with Crippen LogP contribution in [0, 0.1) is 11.6 Å². The van der Waals surface area contributed by atoms with Gasteiger partial charge in [-0.1, -0.05) is 15.9 Å². The molecule has 0 amide bonds. The summed E-state index contributed by atoms with van der Waals surface area (Å²) in [5, 5.41) is 0. The summed E-state index contributed by atoms with van der Waals surface area (Å²) in [5.74, 6) is -1.81. The second kappa shape index (κ2) is 4.55. The molecule has 0 heterocycles. The molecule has 1 rings (SSSR count). The zero-order chi connectivity index (χ0) is 11.6. The first kappa shape index (κ1) is 12.5. The molecule has 84 valence electrons. The van der Waals surface area contributed by atoms with E-state index in [4.69, 9.17) is 10.5 Å². The highest BCUT2D eigenvalue weighted by Gasteiger charge is 2.28. The first-order chi connectivity index (χ1) is 6.94. The standard InChI is InChI=1S/C10H12BrF2NO/c1-10(5-14,15-2)6-3-8(12)9(13)4-7(6)11/h3-4H,5,14H2,1-2H3. The minimum absolute atomic E-state index is 0.174. The summed E-state index contributed by atoms with van der Waals surface area (Å²) in [6.45, 7) is 1.89. The highest BCUT2D eigenvalue weighted by atomic mass is 79.9. The van der Waals surface area contributed by atoms with Crippen LogP contribution in [0.3, 0.4) is 0 Å². The van der Waals surface area contributed by atoms with Gasteiger partial charge in [-0.25, -0.2) is 8.78 Å². The summed E-state index contributed by atoms with van der Waals surface area (Å²) >= 11 is 3.16. The van der Waals surface area contributed by atoms with Gasteiger partial charge in [0.05, 0.1) is 0 Å². The molecule has 0 radical (unpaired) electrons. The smallest absolute Gasteiger partial charge is 0.159 e. The maximum atomic E-state index is 13.1. The van der Waals surface area contributed by atoms with E-state index in [1.807, 2.05) is 0 Å². The van der Waals surface area contributed by atoms with Gasteiger partial charge >= 0.3 is 0 Å². The number of halogens is 3. The van der Waals surface area contributed by atoms with Crippen LogP contribution in [0.2, 0.25) is 0 Å². The number of rotatable bonds is 3. The molecule has 2 nitrogen and oxygen atoms in total. The van der Waals surface area contributed by atoms with E-state index in [-0.39, 0.29) is 6.54 Å². The Morgan fingerprint density at radius 3 is 2.40 bits per heavy atom. The van der Waals surface area contributed by atoms with E-state index >= 15 is 0 Å². The Balaban J connectivity index is 3.30. The number of nitrogens with two attached hydrogens (primary N) is 1. The molecule has 0 bridgehead atoms. The maximum absolute atomic E-state index is 13.1. The lowest BCUT2D eigenvalue weighted by atomic mass is 9.96. The van der Waals surface area contributed by atoms with Crippen LogP contribution in [0.25, 0.3) is 0 Å². The highest BCUT2D eigenvalue weighted by molar-refractivity contribution is 9.10. The Hall–Kier alpha value is -0.520. The van der Waals surface area contributed by atoms with Crippen LogP contribution in [-0.2, 0) is 10.3 Å². The average molecular weight is 280 g/mol. The van der Waals surface area contributed by atoms with Crippen LogP contribution in [0.4, 0.5) is 8.78 Å². The van der Waals surface area contributed by atoms with Crippen molar-refractivity contribution in [2.75, 3.05) is 13.7 Å². The van der Waals surface area contributed by atoms with Gasteiger partial charge in [-0.2, -0.15) is 0 Å². The normalized spacial score (nSPS) is 15.1. The first-order valence-electron chi connectivity index (χ1n) is 4.35. The Morgan fingerprint density at radius 1 is 1.40 bits per heavy atom. The van der Waals surface area contributed by atoms with Gasteiger partial charge in [0.15, 0.2) is 11.6 Å². The monoisotopic (exact) mass is 279 g/mol. The Kier molecular flexibility index (Phi) is 3.81. The fourth-order valence-electron chi connectivity index (χ4n) is 1.23. The summed E-state index contributed by atoms with van der Waals surface area (Å²) in [5.41, 5.74) is 5.21. The van der Waals surface area contributed by atoms with E-state index in [0.717, 1.165) is 12.1 Å². The molecule has 0 fully saturated rings. The van der Waals surface area contributed by atoms with E-state index < -0.39 is 17.2 Å². The summed E-state index contributed by atoms with van der Waals surface area (Å²) in [6.07, 6.45) is 0. The predicted octanol–water partition coefficient (Wildman–Crippen LogP) is 2.55. The van der Waals surface area contributed by atoms with Crippen LogP contribution >= 0.6 is 15.9 Å². The molecule has 0 spiro atoms. The van der Waals surface area contributed by atoms with Crippen LogP contribution in [0.15, 0.2) is 16.6 Å². The molecule has 1 aromatic carbocycles. The molecular weight excluding hydrogens is 268 g/mol. The fourth-order valence-corrected chi connectivity index (χ4v) is 1.97. The lowest BCUT2D eigenvalue weighted by Gasteiger charge is -2.28.